The molecule has 0 radical (unpaired) electrons. The van der Waals surface area contributed by atoms with Crippen molar-refractivity contribution in [1.29, 1.82) is 0 Å². The summed E-state index contributed by atoms with van der Waals surface area (Å²) in [5, 5.41) is 3.45. The van der Waals surface area contributed by atoms with Crippen LogP contribution in [0, 0.1) is 0 Å². The summed E-state index contributed by atoms with van der Waals surface area (Å²) < 4.78 is 6.11. The number of nitrogens with zero attached hydrogens (tertiary/aromatic N) is 1. The summed E-state index contributed by atoms with van der Waals surface area (Å²) in [6, 6.07) is 10.6. The van der Waals surface area contributed by atoms with Gasteiger partial charge in [-0.2, -0.15) is 0 Å². The molecule has 1 N–H and O–H groups in total. The van der Waals surface area contributed by atoms with Crippen molar-refractivity contribution >= 4 is 0 Å². The molecule has 3 heteroatoms. The van der Waals surface area contributed by atoms with E-state index in [1.54, 1.807) is 0 Å². The Balaban J connectivity index is 1.66. The van der Waals surface area contributed by atoms with Gasteiger partial charge in [0.25, 0.3) is 0 Å². The largest absolute Gasteiger partial charge is 0.372 e. The van der Waals surface area contributed by atoms with Crippen LogP contribution in [0.5, 0.6) is 0 Å². The molecule has 1 fully saturated rings. The van der Waals surface area contributed by atoms with E-state index in [0.717, 1.165) is 26.2 Å². The number of hydrogen-bond donors (Lipinski definition) is 1. The molecule has 0 bridgehead atoms. The minimum atomic E-state index is 0.400. The second-order valence-electron chi connectivity index (χ2n) is 5.84. The summed E-state index contributed by atoms with van der Waals surface area (Å²) in [4.78, 5) is 2.36. The molecule has 2 rings (SSSR count). The van der Waals surface area contributed by atoms with Crippen molar-refractivity contribution in [1.82, 2.24) is 10.2 Å². The Morgan fingerprint density at radius 3 is 2.70 bits per heavy atom. The molecule has 0 saturated carbocycles. The Labute approximate surface area is 123 Å². The number of likely N-dealkylation sites (N-methyl/N-ethyl adjacent to an activating group) is 1. The first-order valence-electron chi connectivity index (χ1n) is 7.86. The van der Waals surface area contributed by atoms with Gasteiger partial charge in [-0.05, 0) is 38.4 Å². The zero-order valence-electron chi connectivity index (χ0n) is 12.8. The van der Waals surface area contributed by atoms with Gasteiger partial charge in [0.2, 0.25) is 0 Å². The van der Waals surface area contributed by atoms with Gasteiger partial charge in [0.1, 0.15) is 0 Å². The molecule has 1 aromatic carbocycles. The van der Waals surface area contributed by atoms with Gasteiger partial charge in [-0.1, -0.05) is 37.3 Å². The Hall–Kier alpha value is -0.900. The Morgan fingerprint density at radius 2 is 1.95 bits per heavy atom. The summed E-state index contributed by atoms with van der Waals surface area (Å²) >= 11 is 0. The highest BCUT2D eigenvalue weighted by Gasteiger charge is 2.25. The van der Waals surface area contributed by atoms with Gasteiger partial charge in [-0.15, -0.1) is 0 Å². The highest BCUT2D eigenvalue weighted by atomic mass is 16.5. The van der Waals surface area contributed by atoms with Gasteiger partial charge >= 0.3 is 0 Å². The molecule has 0 aromatic heterocycles. The van der Waals surface area contributed by atoms with Crippen LogP contribution in [0.4, 0.5) is 0 Å². The number of benzene rings is 1. The first-order valence-corrected chi connectivity index (χ1v) is 7.86. The predicted molar refractivity (Wildman–Crippen MR) is 83.8 cm³/mol. The fourth-order valence-corrected chi connectivity index (χ4v) is 2.81. The van der Waals surface area contributed by atoms with Crippen LogP contribution in [0.15, 0.2) is 30.3 Å². The van der Waals surface area contributed by atoms with Crippen molar-refractivity contribution in [3.05, 3.63) is 35.9 Å². The van der Waals surface area contributed by atoms with E-state index in [-0.39, 0.29) is 0 Å². The van der Waals surface area contributed by atoms with E-state index in [4.69, 9.17) is 4.74 Å². The summed E-state index contributed by atoms with van der Waals surface area (Å²) in [7, 11) is 2.18. The first kappa shape index (κ1) is 15.5. The molecule has 1 aliphatic rings. The van der Waals surface area contributed by atoms with Crippen LogP contribution in [0.2, 0.25) is 0 Å². The van der Waals surface area contributed by atoms with E-state index in [0.29, 0.717) is 12.2 Å². The molecule has 0 amide bonds. The predicted octanol–water partition coefficient (Wildman–Crippen LogP) is 2.67. The average Bonchev–Trinajstić information content (AvgIpc) is 2.87. The van der Waals surface area contributed by atoms with Crippen molar-refractivity contribution < 1.29 is 4.74 Å². The fourth-order valence-electron chi connectivity index (χ4n) is 2.81. The lowest BCUT2D eigenvalue weighted by atomic mass is 10.1. The van der Waals surface area contributed by atoms with Crippen molar-refractivity contribution in [3.8, 4) is 0 Å². The van der Waals surface area contributed by atoms with Crippen LogP contribution in [-0.4, -0.2) is 43.8 Å². The quantitative estimate of drug-likeness (QED) is 0.739. The maximum atomic E-state index is 6.11. The number of nitrogens with one attached hydrogen (secondary N) is 1. The monoisotopic (exact) mass is 276 g/mol. The molecule has 1 aromatic rings. The van der Waals surface area contributed by atoms with Crippen molar-refractivity contribution in [3.63, 3.8) is 0 Å². The molecule has 0 aliphatic carbocycles. The lowest BCUT2D eigenvalue weighted by Crippen LogP contribution is -2.31. The number of ether oxygens (including phenoxy) is 1. The fraction of sp³-hybridized carbons (Fsp3) is 0.647. The second kappa shape index (κ2) is 8.40. The topological polar surface area (TPSA) is 24.5 Å². The Bertz CT molecular complexity index is 369. The number of hydrogen-bond acceptors (Lipinski definition) is 3. The molecule has 1 aliphatic heterocycles. The van der Waals surface area contributed by atoms with Gasteiger partial charge in [0.05, 0.1) is 12.2 Å². The minimum absolute atomic E-state index is 0.400. The molecular formula is C17H28N2O. The van der Waals surface area contributed by atoms with E-state index in [2.05, 4.69) is 54.5 Å². The van der Waals surface area contributed by atoms with Crippen LogP contribution < -0.4 is 5.32 Å². The Kier molecular flexibility index (Phi) is 6.51. The van der Waals surface area contributed by atoms with Gasteiger partial charge in [0, 0.05) is 19.6 Å². The second-order valence-corrected chi connectivity index (χ2v) is 5.84. The SMILES string of the molecule is CCCNCC1CCC(CN(C)Cc2ccccc2)O1. The van der Waals surface area contributed by atoms with E-state index in [1.807, 2.05) is 0 Å². The van der Waals surface area contributed by atoms with Crippen LogP contribution in [0.1, 0.15) is 31.7 Å². The molecule has 112 valence electrons. The molecule has 1 saturated heterocycles. The molecule has 20 heavy (non-hydrogen) atoms. The summed E-state index contributed by atoms with van der Waals surface area (Å²) in [5.41, 5.74) is 1.37. The van der Waals surface area contributed by atoms with E-state index in [1.165, 1.54) is 24.8 Å². The van der Waals surface area contributed by atoms with Crippen molar-refractivity contribution in [2.45, 2.75) is 44.9 Å². The molecule has 2 unspecified atom stereocenters. The molecule has 0 spiro atoms. The molecule has 3 nitrogen and oxygen atoms in total. The van der Waals surface area contributed by atoms with Crippen molar-refractivity contribution in [2.24, 2.45) is 0 Å². The lowest BCUT2D eigenvalue weighted by molar-refractivity contribution is 0.0268. The van der Waals surface area contributed by atoms with Gasteiger partial charge in [-0.3, -0.25) is 4.90 Å². The van der Waals surface area contributed by atoms with E-state index in [9.17, 15) is 0 Å². The first-order chi connectivity index (χ1) is 9.78. The van der Waals surface area contributed by atoms with E-state index >= 15 is 0 Å². The number of rotatable bonds is 8. The lowest BCUT2D eigenvalue weighted by Gasteiger charge is -2.21. The average molecular weight is 276 g/mol. The van der Waals surface area contributed by atoms with Crippen LogP contribution >= 0.6 is 0 Å². The van der Waals surface area contributed by atoms with Gasteiger partial charge in [0.15, 0.2) is 0 Å². The van der Waals surface area contributed by atoms with Gasteiger partial charge in [-0.25, -0.2) is 0 Å². The third-order valence-electron chi connectivity index (χ3n) is 3.80. The van der Waals surface area contributed by atoms with Crippen LogP contribution in [0.3, 0.4) is 0 Å². The molecular weight excluding hydrogens is 248 g/mol. The standard InChI is InChI=1S/C17H28N2O/c1-3-11-18-12-16-9-10-17(20-16)14-19(2)13-15-7-5-4-6-8-15/h4-8,16-18H,3,9-14H2,1-2H3. The third kappa shape index (κ3) is 5.23. The molecule has 2 atom stereocenters. The highest BCUT2D eigenvalue weighted by molar-refractivity contribution is 5.14. The highest BCUT2D eigenvalue weighted by Crippen LogP contribution is 2.20. The third-order valence-corrected chi connectivity index (χ3v) is 3.80. The summed E-state index contributed by atoms with van der Waals surface area (Å²) in [6.07, 6.45) is 4.39. The maximum absolute atomic E-state index is 6.11. The maximum Gasteiger partial charge on any atom is 0.0707 e. The summed E-state index contributed by atoms with van der Waals surface area (Å²) in [5.74, 6) is 0. The molecule has 1 heterocycles. The Morgan fingerprint density at radius 1 is 1.20 bits per heavy atom. The van der Waals surface area contributed by atoms with Crippen LogP contribution in [-0.2, 0) is 11.3 Å². The van der Waals surface area contributed by atoms with Gasteiger partial charge < -0.3 is 10.1 Å². The normalized spacial score (nSPS) is 22.6. The minimum Gasteiger partial charge on any atom is -0.372 e. The van der Waals surface area contributed by atoms with Crippen LogP contribution in [0.25, 0.3) is 0 Å². The summed E-state index contributed by atoms with van der Waals surface area (Å²) in [6.45, 7) is 6.33. The zero-order chi connectivity index (χ0) is 14.2. The smallest absolute Gasteiger partial charge is 0.0707 e. The van der Waals surface area contributed by atoms with Crippen molar-refractivity contribution in [2.75, 3.05) is 26.7 Å². The zero-order valence-corrected chi connectivity index (χ0v) is 12.8. The van der Waals surface area contributed by atoms with E-state index < -0.39 is 0 Å².